The predicted molar refractivity (Wildman–Crippen MR) is 125 cm³/mol. The molecule has 3 aromatic rings. The van der Waals surface area contributed by atoms with Crippen molar-refractivity contribution in [2.24, 2.45) is 5.92 Å². The van der Waals surface area contributed by atoms with Gasteiger partial charge in [-0.2, -0.15) is 0 Å². The zero-order chi connectivity index (χ0) is 21.6. The van der Waals surface area contributed by atoms with Crippen LogP contribution in [0.3, 0.4) is 0 Å². The molecule has 0 bridgehead atoms. The molecule has 2 amide bonds. The molecule has 0 radical (unpaired) electrons. The Labute approximate surface area is 183 Å². The van der Waals surface area contributed by atoms with Crippen molar-refractivity contribution in [3.8, 4) is 11.1 Å². The molecular formula is C27H28N2O2. The van der Waals surface area contributed by atoms with Gasteiger partial charge in [-0.3, -0.25) is 9.59 Å². The number of likely N-dealkylation sites (tertiary alicyclic amines) is 1. The summed E-state index contributed by atoms with van der Waals surface area (Å²) in [5, 5.41) is 3.09. The number of benzene rings is 3. The fraction of sp³-hybridized carbons (Fsp3) is 0.259. The van der Waals surface area contributed by atoms with Gasteiger partial charge in [-0.15, -0.1) is 0 Å². The van der Waals surface area contributed by atoms with E-state index in [1.54, 1.807) is 0 Å². The third kappa shape index (κ3) is 4.85. The topological polar surface area (TPSA) is 49.4 Å². The molecule has 0 aromatic heterocycles. The second kappa shape index (κ2) is 9.61. The monoisotopic (exact) mass is 412 g/mol. The summed E-state index contributed by atoms with van der Waals surface area (Å²) in [5.41, 5.74) is 4.96. The summed E-state index contributed by atoms with van der Waals surface area (Å²) in [6.45, 7) is 3.29. The fourth-order valence-corrected chi connectivity index (χ4v) is 4.15. The minimum absolute atomic E-state index is 0.0369. The number of carbonyl (C=O) groups is 2. The van der Waals surface area contributed by atoms with E-state index in [-0.39, 0.29) is 17.7 Å². The molecule has 0 aliphatic carbocycles. The molecule has 1 heterocycles. The van der Waals surface area contributed by atoms with Gasteiger partial charge in [-0.25, -0.2) is 0 Å². The van der Waals surface area contributed by atoms with Gasteiger partial charge in [0, 0.05) is 30.3 Å². The van der Waals surface area contributed by atoms with Crippen LogP contribution in [-0.4, -0.2) is 29.8 Å². The molecule has 4 nitrogen and oxygen atoms in total. The highest BCUT2D eigenvalue weighted by Gasteiger charge is 2.28. The van der Waals surface area contributed by atoms with Gasteiger partial charge in [0.15, 0.2) is 0 Å². The summed E-state index contributed by atoms with van der Waals surface area (Å²) in [5.74, 6) is 0.0319. The van der Waals surface area contributed by atoms with Gasteiger partial charge >= 0.3 is 0 Å². The van der Waals surface area contributed by atoms with Crippen molar-refractivity contribution in [1.82, 2.24) is 4.90 Å². The lowest BCUT2D eigenvalue weighted by atomic mass is 9.95. The number of piperidine rings is 1. The Hall–Kier alpha value is -3.40. The highest BCUT2D eigenvalue weighted by molar-refractivity contribution is 5.96. The molecule has 1 aliphatic heterocycles. The summed E-state index contributed by atoms with van der Waals surface area (Å²) in [7, 11) is 0. The van der Waals surface area contributed by atoms with Crippen LogP contribution in [0.2, 0.25) is 0 Å². The Morgan fingerprint density at radius 1 is 0.839 bits per heavy atom. The number of hydrogen-bond acceptors (Lipinski definition) is 2. The van der Waals surface area contributed by atoms with Crippen LogP contribution < -0.4 is 5.32 Å². The molecule has 31 heavy (non-hydrogen) atoms. The minimum Gasteiger partial charge on any atom is -0.339 e. The molecule has 0 saturated carbocycles. The lowest BCUT2D eigenvalue weighted by molar-refractivity contribution is -0.121. The number of rotatable bonds is 5. The molecule has 1 fully saturated rings. The van der Waals surface area contributed by atoms with E-state index in [4.69, 9.17) is 0 Å². The molecule has 3 aromatic carbocycles. The number of amides is 2. The smallest absolute Gasteiger partial charge is 0.253 e. The number of hydrogen-bond donors (Lipinski definition) is 1. The van der Waals surface area contributed by atoms with Gasteiger partial charge in [0.1, 0.15) is 0 Å². The van der Waals surface area contributed by atoms with E-state index in [1.165, 1.54) is 0 Å². The molecule has 1 N–H and O–H groups in total. The molecule has 0 atom stereocenters. The van der Waals surface area contributed by atoms with E-state index >= 15 is 0 Å². The number of carbonyl (C=O) groups excluding carboxylic acids is 2. The molecule has 4 heteroatoms. The molecule has 158 valence electrons. The number of para-hydroxylation sites is 1. The van der Waals surface area contributed by atoms with Crippen molar-refractivity contribution >= 4 is 17.5 Å². The van der Waals surface area contributed by atoms with Crippen molar-refractivity contribution in [3.05, 3.63) is 90.0 Å². The number of anilines is 1. The van der Waals surface area contributed by atoms with Crippen LogP contribution >= 0.6 is 0 Å². The van der Waals surface area contributed by atoms with Crippen LogP contribution in [0.1, 0.15) is 35.7 Å². The maximum Gasteiger partial charge on any atom is 0.253 e. The average molecular weight is 413 g/mol. The van der Waals surface area contributed by atoms with E-state index in [0.29, 0.717) is 31.5 Å². The lowest BCUT2D eigenvalue weighted by Crippen LogP contribution is -2.41. The molecule has 0 spiro atoms. The van der Waals surface area contributed by atoms with Crippen molar-refractivity contribution in [1.29, 1.82) is 0 Å². The van der Waals surface area contributed by atoms with E-state index < -0.39 is 0 Å². The number of nitrogens with zero attached hydrogens (tertiary/aromatic N) is 1. The summed E-state index contributed by atoms with van der Waals surface area (Å²) in [4.78, 5) is 27.5. The van der Waals surface area contributed by atoms with Crippen LogP contribution in [0.5, 0.6) is 0 Å². The molecule has 4 rings (SSSR count). The quantitative estimate of drug-likeness (QED) is 0.609. The second-order valence-electron chi connectivity index (χ2n) is 8.01. The van der Waals surface area contributed by atoms with E-state index in [2.05, 4.69) is 24.4 Å². The SMILES string of the molecule is CCc1ccccc1NC(=O)C1CCN(C(=O)c2ccc(-c3ccccc3)cc2)CC1. The Morgan fingerprint density at radius 3 is 2.13 bits per heavy atom. The third-order valence-corrected chi connectivity index (χ3v) is 6.05. The van der Waals surface area contributed by atoms with Gasteiger partial charge < -0.3 is 10.2 Å². The van der Waals surface area contributed by atoms with Crippen molar-refractivity contribution in [2.45, 2.75) is 26.2 Å². The molecular weight excluding hydrogens is 384 g/mol. The normalized spacial score (nSPS) is 14.3. The number of nitrogens with one attached hydrogen (secondary N) is 1. The Balaban J connectivity index is 1.34. The standard InChI is InChI=1S/C27H28N2O2/c1-2-20-8-6-7-11-25(20)28-26(30)23-16-18-29(19-17-23)27(31)24-14-12-22(13-15-24)21-9-4-3-5-10-21/h3-15,23H,2,16-19H2,1H3,(H,28,30). The first-order chi connectivity index (χ1) is 15.2. The van der Waals surface area contributed by atoms with Gasteiger partial charge in [0.05, 0.1) is 0 Å². The van der Waals surface area contributed by atoms with E-state index in [1.807, 2.05) is 71.6 Å². The first-order valence-electron chi connectivity index (χ1n) is 11.0. The summed E-state index contributed by atoms with van der Waals surface area (Å²) in [6.07, 6.45) is 2.26. The van der Waals surface area contributed by atoms with Crippen molar-refractivity contribution < 1.29 is 9.59 Å². The van der Waals surface area contributed by atoms with Crippen molar-refractivity contribution in [3.63, 3.8) is 0 Å². The van der Waals surface area contributed by atoms with Crippen LogP contribution in [0.15, 0.2) is 78.9 Å². The predicted octanol–water partition coefficient (Wildman–Crippen LogP) is 5.41. The van der Waals surface area contributed by atoms with Gasteiger partial charge in [-0.05, 0) is 54.2 Å². The van der Waals surface area contributed by atoms with Crippen molar-refractivity contribution in [2.75, 3.05) is 18.4 Å². The van der Waals surface area contributed by atoms with Crippen LogP contribution in [0.4, 0.5) is 5.69 Å². The van der Waals surface area contributed by atoms with Gasteiger partial charge in [0.2, 0.25) is 5.91 Å². The second-order valence-corrected chi connectivity index (χ2v) is 8.01. The number of aryl methyl sites for hydroxylation is 1. The third-order valence-electron chi connectivity index (χ3n) is 6.05. The first-order valence-corrected chi connectivity index (χ1v) is 11.0. The highest BCUT2D eigenvalue weighted by Crippen LogP contribution is 2.24. The molecule has 1 aliphatic rings. The summed E-state index contributed by atoms with van der Waals surface area (Å²) < 4.78 is 0. The highest BCUT2D eigenvalue weighted by atomic mass is 16.2. The summed E-state index contributed by atoms with van der Waals surface area (Å²) >= 11 is 0. The Kier molecular flexibility index (Phi) is 6.46. The van der Waals surface area contributed by atoms with Crippen LogP contribution in [-0.2, 0) is 11.2 Å². The Morgan fingerprint density at radius 2 is 1.45 bits per heavy atom. The summed E-state index contributed by atoms with van der Waals surface area (Å²) in [6, 6.07) is 25.8. The lowest BCUT2D eigenvalue weighted by Gasteiger charge is -2.31. The molecule has 0 unspecified atom stereocenters. The minimum atomic E-state index is -0.0607. The zero-order valence-corrected chi connectivity index (χ0v) is 17.9. The first kappa shape index (κ1) is 20.9. The Bertz CT molecular complexity index is 1040. The van der Waals surface area contributed by atoms with E-state index in [9.17, 15) is 9.59 Å². The van der Waals surface area contributed by atoms with Crippen LogP contribution in [0.25, 0.3) is 11.1 Å². The van der Waals surface area contributed by atoms with E-state index in [0.717, 1.165) is 28.8 Å². The fourth-order valence-electron chi connectivity index (χ4n) is 4.15. The van der Waals surface area contributed by atoms with Crippen LogP contribution in [0, 0.1) is 5.92 Å². The largest absolute Gasteiger partial charge is 0.339 e. The maximum absolute atomic E-state index is 12.9. The average Bonchev–Trinajstić information content (AvgIpc) is 2.84. The van der Waals surface area contributed by atoms with Gasteiger partial charge in [-0.1, -0.05) is 67.6 Å². The molecule has 1 saturated heterocycles. The van der Waals surface area contributed by atoms with Gasteiger partial charge in [0.25, 0.3) is 5.91 Å². The maximum atomic E-state index is 12.9. The zero-order valence-electron chi connectivity index (χ0n) is 17.9.